The Hall–Kier alpha value is -3.74. The normalized spacial score (nSPS) is 19.5. The molecule has 1 aliphatic heterocycles. The summed E-state index contributed by atoms with van der Waals surface area (Å²) in [6.45, 7) is 6.96. The van der Waals surface area contributed by atoms with Crippen LogP contribution in [0.15, 0.2) is 30.9 Å². The fourth-order valence-corrected chi connectivity index (χ4v) is 5.78. The second-order valence-corrected chi connectivity index (χ2v) is 12.2. The van der Waals surface area contributed by atoms with Gasteiger partial charge in [0.2, 0.25) is 5.95 Å². The van der Waals surface area contributed by atoms with E-state index < -0.39 is 0 Å². The van der Waals surface area contributed by atoms with Crippen LogP contribution in [0.4, 0.5) is 11.8 Å². The highest BCUT2D eigenvalue weighted by Gasteiger charge is 2.34. The Kier molecular flexibility index (Phi) is 6.18. The summed E-state index contributed by atoms with van der Waals surface area (Å²) in [5.74, 6) is 3.59. The van der Waals surface area contributed by atoms with Crippen LogP contribution in [0.5, 0.6) is 11.5 Å². The number of ether oxygens (including phenoxy) is 2. The topological polar surface area (TPSA) is 129 Å². The summed E-state index contributed by atoms with van der Waals surface area (Å²) in [5.41, 5.74) is 2.75. The van der Waals surface area contributed by atoms with E-state index in [1.54, 1.807) is 18.6 Å². The van der Waals surface area contributed by atoms with Crippen LogP contribution < -0.4 is 10.1 Å². The maximum atomic E-state index is 9.83. The van der Waals surface area contributed by atoms with E-state index in [1.807, 2.05) is 33.0 Å². The standard InChI is InChI=1S/C28H32ClN9O3/c1-28(2,3)20-9-21(35-38(20)17-7-8-40-19(17)14-39)33-27-34-25-24(36(27)4)23(29)18(11-31-25)41-16-10-30-22-12-32-26(15-5-6-15)37(22)13-16/h9-13,15,17,19,39H,5-8,14H2,1-4H3,(H,31,33,34,35)/t17-,19-/m1/s1. The minimum absolute atomic E-state index is 0.0441. The molecule has 0 spiro atoms. The molecule has 7 rings (SSSR count). The molecule has 2 atom stereocenters. The smallest absolute Gasteiger partial charge is 0.210 e. The number of pyridine rings is 1. The minimum atomic E-state index is -0.286. The van der Waals surface area contributed by atoms with E-state index in [2.05, 4.69) is 46.0 Å². The number of aliphatic hydroxyl groups excluding tert-OH is 1. The van der Waals surface area contributed by atoms with Gasteiger partial charge >= 0.3 is 0 Å². The number of halogens is 1. The van der Waals surface area contributed by atoms with Gasteiger partial charge in [-0.05, 0) is 19.3 Å². The fraction of sp³-hybridized carbons (Fsp3) is 0.464. The highest BCUT2D eigenvalue weighted by molar-refractivity contribution is 6.36. The van der Waals surface area contributed by atoms with Crippen molar-refractivity contribution in [2.75, 3.05) is 18.5 Å². The first-order valence-electron chi connectivity index (χ1n) is 13.8. The Morgan fingerprint density at radius 3 is 2.73 bits per heavy atom. The van der Waals surface area contributed by atoms with E-state index in [9.17, 15) is 5.11 Å². The van der Waals surface area contributed by atoms with Crippen LogP contribution in [0.25, 0.3) is 16.8 Å². The van der Waals surface area contributed by atoms with E-state index in [4.69, 9.17) is 26.2 Å². The van der Waals surface area contributed by atoms with Gasteiger partial charge in [-0.3, -0.25) is 9.08 Å². The Bertz CT molecular complexity index is 1770. The molecule has 2 N–H and O–H groups in total. The van der Waals surface area contributed by atoms with Crippen molar-refractivity contribution in [1.29, 1.82) is 0 Å². The molecule has 5 aromatic rings. The average Bonchev–Trinajstić information content (AvgIpc) is 3.28. The SMILES string of the molecule is Cn1c(Nc2cc(C(C)(C)C)n([C@@H]3CCO[C@@H]3CO)n2)nc2ncc(Oc3cnc4cnc(C5CC5)n4c3)c(Cl)c21. The molecule has 41 heavy (non-hydrogen) atoms. The molecule has 0 amide bonds. The number of aryl methyl sites for hydroxylation is 1. The number of nitrogens with zero attached hydrogens (tertiary/aromatic N) is 8. The quantitative estimate of drug-likeness (QED) is 0.277. The van der Waals surface area contributed by atoms with Gasteiger partial charge in [-0.25, -0.2) is 15.0 Å². The molecule has 6 heterocycles. The van der Waals surface area contributed by atoms with Crippen molar-refractivity contribution in [2.45, 2.75) is 63.5 Å². The highest BCUT2D eigenvalue weighted by atomic mass is 35.5. The van der Waals surface area contributed by atoms with Crippen LogP contribution in [-0.4, -0.2) is 63.1 Å². The van der Waals surface area contributed by atoms with Crippen LogP contribution >= 0.6 is 11.6 Å². The first kappa shape index (κ1) is 26.2. The molecule has 1 saturated heterocycles. The highest BCUT2D eigenvalue weighted by Crippen LogP contribution is 2.40. The van der Waals surface area contributed by atoms with Gasteiger partial charge in [0.15, 0.2) is 28.6 Å². The number of fused-ring (bicyclic) bond motifs is 2. The Morgan fingerprint density at radius 2 is 1.98 bits per heavy atom. The maximum absolute atomic E-state index is 9.83. The van der Waals surface area contributed by atoms with Crippen molar-refractivity contribution in [3.8, 4) is 11.5 Å². The summed E-state index contributed by atoms with van der Waals surface area (Å²) >= 11 is 6.86. The van der Waals surface area contributed by atoms with Gasteiger partial charge < -0.3 is 24.5 Å². The molecule has 2 aliphatic rings. The van der Waals surface area contributed by atoms with Crippen molar-refractivity contribution in [2.24, 2.45) is 7.05 Å². The summed E-state index contributed by atoms with van der Waals surface area (Å²) in [7, 11) is 1.87. The zero-order valence-electron chi connectivity index (χ0n) is 23.4. The lowest BCUT2D eigenvalue weighted by Crippen LogP contribution is -2.29. The molecular weight excluding hydrogens is 546 g/mol. The van der Waals surface area contributed by atoms with Gasteiger partial charge in [0.05, 0.1) is 37.4 Å². The number of nitrogens with one attached hydrogen (secondary N) is 1. The molecule has 0 aromatic carbocycles. The zero-order valence-corrected chi connectivity index (χ0v) is 24.1. The number of hydrogen-bond donors (Lipinski definition) is 2. The van der Waals surface area contributed by atoms with Crippen molar-refractivity contribution in [3.63, 3.8) is 0 Å². The van der Waals surface area contributed by atoms with Crippen LogP contribution in [0.2, 0.25) is 5.02 Å². The van der Waals surface area contributed by atoms with E-state index in [0.717, 1.165) is 36.4 Å². The van der Waals surface area contributed by atoms with Crippen molar-refractivity contribution in [1.82, 2.24) is 38.7 Å². The molecule has 1 saturated carbocycles. The third-order valence-corrected chi connectivity index (χ3v) is 8.14. The summed E-state index contributed by atoms with van der Waals surface area (Å²) < 4.78 is 17.7. The minimum Gasteiger partial charge on any atom is -0.451 e. The number of rotatable bonds is 7. The molecule has 0 bridgehead atoms. The molecule has 12 nitrogen and oxygen atoms in total. The van der Waals surface area contributed by atoms with E-state index in [1.165, 1.54) is 0 Å². The Labute approximate surface area is 241 Å². The first-order chi connectivity index (χ1) is 19.7. The van der Waals surface area contributed by atoms with Gasteiger partial charge in [-0.15, -0.1) is 0 Å². The van der Waals surface area contributed by atoms with Crippen molar-refractivity contribution < 1.29 is 14.6 Å². The zero-order chi connectivity index (χ0) is 28.5. The average molecular weight is 578 g/mol. The first-order valence-corrected chi connectivity index (χ1v) is 14.2. The number of imidazole rings is 2. The Morgan fingerprint density at radius 1 is 1.15 bits per heavy atom. The third kappa shape index (κ3) is 4.59. The second-order valence-electron chi connectivity index (χ2n) is 11.8. The van der Waals surface area contributed by atoms with E-state index >= 15 is 0 Å². The van der Waals surface area contributed by atoms with Crippen molar-refractivity contribution in [3.05, 3.63) is 47.4 Å². The molecule has 214 valence electrons. The Balaban J connectivity index is 1.19. The number of hydrogen-bond acceptors (Lipinski definition) is 9. The van der Waals surface area contributed by atoms with Gasteiger partial charge in [-0.1, -0.05) is 32.4 Å². The largest absolute Gasteiger partial charge is 0.451 e. The second kappa shape index (κ2) is 9.68. The number of aliphatic hydroxyl groups is 1. The van der Waals surface area contributed by atoms with Gasteiger partial charge in [0, 0.05) is 36.7 Å². The van der Waals surface area contributed by atoms with Gasteiger partial charge in [0.1, 0.15) is 22.5 Å². The van der Waals surface area contributed by atoms with Crippen LogP contribution in [0.3, 0.4) is 0 Å². The predicted octanol–water partition coefficient (Wildman–Crippen LogP) is 4.89. The molecule has 5 aromatic heterocycles. The maximum Gasteiger partial charge on any atom is 0.210 e. The molecule has 0 unspecified atom stereocenters. The molecule has 13 heteroatoms. The van der Waals surface area contributed by atoms with Crippen molar-refractivity contribution >= 4 is 40.2 Å². The fourth-order valence-electron chi connectivity index (χ4n) is 5.48. The lowest BCUT2D eigenvalue weighted by molar-refractivity contribution is 0.0391. The molecular formula is C28H32ClN9O3. The monoisotopic (exact) mass is 577 g/mol. The summed E-state index contributed by atoms with van der Waals surface area (Å²) in [4.78, 5) is 18.2. The third-order valence-electron chi connectivity index (χ3n) is 7.77. The predicted molar refractivity (Wildman–Crippen MR) is 153 cm³/mol. The number of aromatic nitrogens is 8. The molecule has 0 radical (unpaired) electrons. The van der Waals surface area contributed by atoms with Crippen LogP contribution in [-0.2, 0) is 17.2 Å². The van der Waals surface area contributed by atoms with Crippen LogP contribution in [0.1, 0.15) is 63.5 Å². The van der Waals surface area contributed by atoms with Crippen LogP contribution in [0, 0.1) is 0 Å². The van der Waals surface area contributed by atoms with Gasteiger partial charge in [0.25, 0.3) is 0 Å². The molecule has 1 aliphatic carbocycles. The number of anilines is 2. The summed E-state index contributed by atoms with van der Waals surface area (Å²) in [6, 6.07) is 1.97. The van der Waals surface area contributed by atoms with E-state index in [-0.39, 0.29) is 24.2 Å². The lowest BCUT2D eigenvalue weighted by atomic mass is 9.91. The lowest BCUT2D eigenvalue weighted by Gasteiger charge is -2.25. The summed E-state index contributed by atoms with van der Waals surface area (Å²) in [6.07, 6.45) is 9.68. The molecule has 2 fully saturated rings. The summed E-state index contributed by atoms with van der Waals surface area (Å²) in [5, 5.41) is 18.4. The van der Waals surface area contributed by atoms with Gasteiger partial charge in [-0.2, -0.15) is 10.1 Å². The van der Waals surface area contributed by atoms with E-state index in [0.29, 0.717) is 52.0 Å².